The van der Waals surface area contributed by atoms with Crippen molar-refractivity contribution >= 4 is 0 Å². The molecule has 1 aromatic rings. The van der Waals surface area contributed by atoms with E-state index >= 15 is 0 Å². The van der Waals surface area contributed by atoms with E-state index in [0.29, 0.717) is 18.6 Å². The molecule has 98 valence electrons. The van der Waals surface area contributed by atoms with Crippen molar-refractivity contribution in [2.45, 2.75) is 46.2 Å². The lowest BCUT2D eigenvalue weighted by Crippen LogP contribution is -2.25. The molecule has 1 heterocycles. The normalized spacial score (nSPS) is 15.2. The molecular weight excluding hydrogens is 214 g/mol. The first kappa shape index (κ1) is 14.2. The van der Waals surface area contributed by atoms with Crippen molar-refractivity contribution in [3.8, 4) is 0 Å². The van der Waals surface area contributed by atoms with E-state index in [-0.39, 0.29) is 6.04 Å². The maximum Gasteiger partial charge on any atom is 0.0952 e. The van der Waals surface area contributed by atoms with Crippen LogP contribution in [0.15, 0.2) is 12.5 Å². The molecule has 0 aromatic carbocycles. The van der Waals surface area contributed by atoms with E-state index in [0.717, 1.165) is 18.7 Å². The van der Waals surface area contributed by atoms with Gasteiger partial charge in [-0.2, -0.15) is 0 Å². The van der Waals surface area contributed by atoms with Gasteiger partial charge < -0.3 is 15.0 Å². The summed E-state index contributed by atoms with van der Waals surface area (Å²) in [4.78, 5) is 4.23. The molecule has 1 rings (SSSR count). The summed E-state index contributed by atoms with van der Waals surface area (Å²) < 4.78 is 7.73. The third-order valence-corrected chi connectivity index (χ3v) is 3.14. The number of nitrogens with zero attached hydrogens (tertiary/aromatic N) is 2. The molecule has 17 heavy (non-hydrogen) atoms. The molecule has 0 bridgehead atoms. The highest BCUT2D eigenvalue weighted by Crippen LogP contribution is 2.23. The Morgan fingerprint density at radius 1 is 1.41 bits per heavy atom. The predicted molar refractivity (Wildman–Crippen MR) is 69.8 cm³/mol. The first-order valence-corrected chi connectivity index (χ1v) is 6.46. The van der Waals surface area contributed by atoms with Crippen LogP contribution in [0.4, 0.5) is 0 Å². The van der Waals surface area contributed by atoms with Crippen molar-refractivity contribution in [2.75, 3.05) is 13.2 Å². The number of imidazole rings is 1. The second kappa shape index (κ2) is 6.77. The van der Waals surface area contributed by atoms with Gasteiger partial charge in [0.2, 0.25) is 0 Å². The van der Waals surface area contributed by atoms with Crippen LogP contribution in [0.25, 0.3) is 0 Å². The van der Waals surface area contributed by atoms with Gasteiger partial charge in [-0.15, -0.1) is 0 Å². The highest BCUT2D eigenvalue weighted by Gasteiger charge is 2.20. The molecule has 0 radical (unpaired) electrons. The minimum atomic E-state index is 0.0559. The molecule has 2 N–H and O–H groups in total. The van der Waals surface area contributed by atoms with Crippen LogP contribution in [0.1, 0.15) is 51.9 Å². The summed E-state index contributed by atoms with van der Waals surface area (Å²) >= 11 is 0. The first-order valence-electron chi connectivity index (χ1n) is 6.46. The standard InChI is InChI=1S/C13H25N3O/c1-5-11(14)12-7-15-9-16(12)13(10(3)4)8-17-6-2/h7,9-11,13H,5-6,8,14H2,1-4H3/t11-,13?/m1/s1. The molecule has 1 aromatic heterocycles. The zero-order chi connectivity index (χ0) is 12.8. The van der Waals surface area contributed by atoms with Crippen molar-refractivity contribution < 1.29 is 4.74 Å². The van der Waals surface area contributed by atoms with Crippen LogP contribution >= 0.6 is 0 Å². The highest BCUT2D eigenvalue weighted by atomic mass is 16.5. The Bertz CT molecular complexity index is 322. The Balaban J connectivity index is 2.89. The van der Waals surface area contributed by atoms with Crippen molar-refractivity contribution in [3.05, 3.63) is 18.2 Å². The van der Waals surface area contributed by atoms with Crippen LogP contribution in [0.5, 0.6) is 0 Å². The van der Waals surface area contributed by atoms with Crippen LogP contribution in [0.3, 0.4) is 0 Å². The van der Waals surface area contributed by atoms with Gasteiger partial charge in [-0.1, -0.05) is 20.8 Å². The summed E-state index contributed by atoms with van der Waals surface area (Å²) in [6.07, 6.45) is 4.66. The predicted octanol–water partition coefficient (Wildman–Crippen LogP) is 2.53. The van der Waals surface area contributed by atoms with Gasteiger partial charge >= 0.3 is 0 Å². The highest BCUT2D eigenvalue weighted by molar-refractivity contribution is 5.06. The minimum Gasteiger partial charge on any atom is -0.380 e. The van der Waals surface area contributed by atoms with Gasteiger partial charge in [0.1, 0.15) is 0 Å². The maximum atomic E-state index is 6.10. The van der Waals surface area contributed by atoms with E-state index in [1.54, 1.807) is 0 Å². The summed E-state index contributed by atoms with van der Waals surface area (Å²) in [5, 5.41) is 0. The molecule has 0 aliphatic carbocycles. The largest absolute Gasteiger partial charge is 0.380 e. The van der Waals surface area contributed by atoms with Crippen LogP contribution in [0, 0.1) is 5.92 Å². The van der Waals surface area contributed by atoms with Gasteiger partial charge in [-0.3, -0.25) is 0 Å². The van der Waals surface area contributed by atoms with E-state index in [1.807, 2.05) is 19.4 Å². The lowest BCUT2D eigenvalue weighted by molar-refractivity contribution is 0.0949. The van der Waals surface area contributed by atoms with Gasteiger partial charge in [0.25, 0.3) is 0 Å². The quantitative estimate of drug-likeness (QED) is 0.795. The van der Waals surface area contributed by atoms with Gasteiger partial charge in [0.05, 0.1) is 24.7 Å². The van der Waals surface area contributed by atoms with Crippen molar-refractivity contribution in [1.29, 1.82) is 0 Å². The molecule has 1 unspecified atom stereocenters. The Hall–Kier alpha value is -0.870. The number of hydrogen-bond acceptors (Lipinski definition) is 3. The Morgan fingerprint density at radius 2 is 2.12 bits per heavy atom. The fraction of sp³-hybridized carbons (Fsp3) is 0.769. The lowest BCUT2D eigenvalue weighted by Gasteiger charge is -2.25. The fourth-order valence-electron chi connectivity index (χ4n) is 1.92. The second-order valence-electron chi connectivity index (χ2n) is 4.71. The second-order valence-corrected chi connectivity index (χ2v) is 4.71. The molecule has 0 fully saturated rings. The number of ether oxygens (including phenoxy) is 1. The van der Waals surface area contributed by atoms with Crippen molar-refractivity contribution in [2.24, 2.45) is 11.7 Å². The summed E-state index contributed by atoms with van der Waals surface area (Å²) in [6.45, 7) is 9.97. The average Bonchev–Trinajstić information content (AvgIpc) is 2.77. The zero-order valence-corrected chi connectivity index (χ0v) is 11.4. The van der Waals surface area contributed by atoms with Gasteiger partial charge in [-0.05, 0) is 19.3 Å². The molecule has 0 saturated heterocycles. The van der Waals surface area contributed by atoms with E-state index in [9.17, 15) is 0 Å². The molecule has 0 saturated carbocycles. The third kappa shape index (κ3) is 3.54. The molecule has 4 heteroatoms. The summed E-state index contributed by atoms with van der Waals surface area (Å²) in [5.74, 6) is 0.499. The van der Waals surface area contributed by atoms with E-state index in [4.69, 9.17) is 10.5 Å². The topological polar surface area (TPSA) is 53.1 Å². The number of nitrogens with two attached hydrogens (primary N) is 1. The Labute approximate surface area is 104 Å². The SMILES string of the molecule is CCOCC(C(C)C)n1cncc1[C@H](N)CC. The fourth-order valence-corrected chi connectivity index (χ4v) is 1.92. The monoisotopic (exact) mass is 239 g/mol. The molecule has 0 aliphatic heterocycles. The first-order chi connectivity index (χ1) is 8.11. The smallest absolute Gasteiger partial charge is 0.0952 e. The zero-order valence-electron chi connectivity index (χ0n) is 11.4. The van der Waals surface area contributed by atoms with Crippen LogP contribution in [-0.2, 0) is 4.74 Å². The summed E-state index contributed by atoms with van der Waals surface area (Å²) in [7, 11) is 0. The van der Waals surface area contributed by atoms with Crippen molar-refractivity contribution in [1.82, 2.24) is 9.55 Å². The lowest BCUT2D eigenvalue weighted by atomic mass is 10.0. The Morgan fingerprint density at radius 3 is 2.65 bits per heavy atom. The average molecular weight is 239 g/mol. The van der Waals surface area contributed by atoms with E-state index in [1.165, 1.54) is 0 Å². The van der Waals surface area contributed by atoms with E-state index < -0.39 is 0 Å². The van der Waals surface area contributed by atoms with Crippen LogP contribution < -0.4 is 5.73 Å². The number of rotatable bonds is 7. The van der Waals surface area contributed by atoms with E-state index in [2.05, 4.69) is 30.3 Å². The van der Waals surface area contributed by atoms with Gasteiger partial charge in [0.15, 0.2) is 0 Å². The molecular formula is C13H25N3O. The van der Waals surface area contributed by atoms with Crippen molar-refractivity contribution in [3.63, 3.8) is 0 Å². The van der Waals surface area contributed by atoms with Crippen LogP contribution in [-0.4, -0.2) is 22.8 Å². The van der Waals surface area contributed by atoms with Gasteiger partial charge in [-0.25, -0.2) is 4.98 Å². The Kier molecular flexibility index (Phi) is 5.65. The summed E-state index contributed by atoms with van der Waals surface area (Å²) in [6, 6.07) is 0.366. The number of aromatic nitrogens is 2. The maximum absolute atomic E-state index is 6.10. The molecule has 2 atom stereocenters. The van der Waals surface area contributed by atoms with Gasteiger partial charge in [0, 0.05) is 18.8 Å². The number of hydrogen-bond donors (Lipinski definition) is 1. The molecule has 0 spiro atoms. The molecule has 0 amide bonds. The molecule has 4 nitrogen and oxygen atoms in total. The van der Waals surface area contributed by atoms with Crippen LogP contribution in [0.2, 0.25) is 0 Å². The molecule has 0 aliphatic rings. The summed E-state index contributed by atoms with van der Waals surface area (Å²) in [5.41, 5.74) is 7.21. The third-order valence-electron chi connectivity index (χ3n) is 3.14. The minimum absolute atomic E-state index is 0.0559.